The molecule has 0 fully saturated rings. The molecular weight excluding hydrogens is 222 g/mol. The van der Waals surface area contributed by atoms with E-state index in [1.807, 2.05) is 19.9 Å². The van der Waals surface area contributed by atoms with Gasteiger partial charge in [-0.1, -0.05) is 11.4 Å². The van der Waals surface area contributed by atoms with E-state index in [1.54, 1.807) is 12.4 Å². The van der Waals surface area contributed by atoms with E-state index in [4.69, 9.17) is 0 Å². The second-order valence-corrected chi connectivity index (χ2v) is 4.18. The number of carbonyl (C=O) groups is 1. The Morgan fingerprint density at radius 2 is 2.31 bits per heavy atom. The van der Waals surface area contributed by atoms with Gasteiger partial charge in [-0.15, -0.1) is 5.10 Å². The van der Waals surface area contributed by atoms with E-state index in [9.17, 15) is 4.79 Å². The molecule has 0 aliphatic rings. The van der Waals surface area contributed by atoms with Crippen molar-refractivity contribution in [2.24, 2.45) is 0 Å². The molecule has 2 heterocycles. The minimum Gasteiger partial charge on any atom is -0.287 e. The van der Waals surface area contributed by atoms with Crippen LogP contribution in [0.5, 0.6) is 0 Å². The molecule has 5 heteroatoms. The van der Waals surface area contributed by atoms with Crippen molar-refractivity contribution in [1.82, 2.24) is 14.6 Å². The van der Waals surface area contributed by atoms with Crippen molar-refractivity contribution in [1.29, 1.82) is 0 Å². The van der Waals surface area contributed by atoms with E-state index in [-0.39, 0.29) is 5.78 Å². The van der Waals surface area contributed by atoms with Gasteiger partial charge in [0.15, 0.2) is 0 Å². The fraction of sp³-hybridized carbons (Fsp3) is 0.273. The summed E-state index contributed by atoms with van der Waals surface area (Å²) in [5, 5.41) is 3.94. The topological polar surface area (TPSA) is 55.7 Å². The molecule has 0 bridgehead atoms. The van der Waals surface area contributed by atoms with Crippen LogP contribution in [-0.2, 0) is 6.42 Å². The van der Waals surface area contributed by atoms with Gasteiger partial charge < -0.3 is 0 Å². The van der Waals surface area contributed by atoms with Crippen molar-refractivity contribution < 1.29 is 4.79 Å². The molecule has 0 unspecified atom stereocenters. The highest BCUT2D eigenvalue weighted by Gasteiger charge is 2.18. The van der Waals surface area contributed by atoms with Gasteiger partial charge in [-0.25, -0.2) is 0 Å². The molecule has 4 nitrogen and oxygen atoms in total. The van der Waals surface area contributed by atoms with Gasteiger partial charge >= 0.3 is 0 Å². The van der Waals surface area contributed by atoms with E-state index >= 15 is 0 Å². The fourth-order valence-corrected chi connectivity index (χ4v) is 2.14. The van der Waals surface area contributed by atoms with E-state index < -0.39 is 0 Å². The van der Waals surface area contributed by atoms with Crippen LogP contribution in [-0.4, -0.2) is 20.4 Å². The lowest BCUT2D eigenvalue weighted by atomic mass is 10.1. The first-order valence-corrected chi connectivity index (χ1v) is 5.78. The fourth-order valence-electron chi connectivity index (χ4n) is 1.44. The molecule has 0 radical (unpaired) electrons. The zero-order chi connectivity index (χ0) is 11.5. The smallest absolute Gasteiger partial charge is 0.208 e. The summed E-state index contributed by atoms with van der Waals surface area (Å²) in [6, 6.07) is 1.83. The molecule has 0 aliphatic carbocycles. The zero-order valence-electron chi connectivity index (χ0n) is 9.10. The van der Waals surface area contributed by atoms with Gasteiger partial charge in [-0.05, 0) is 36.5 Å². The lowest BCUT2D eigenvalue weighted by Gasteiger charge is -2.02. The molecule has 16 heavy (non-hydrogen) atoms. The summed E-state index contributed by atoms with van der Waals surface area (Å²) in [7, 11) is 0. The van der Waals surface area contributed by atoms with Gasteiger partial charge in [0.1, 0.15) is 4.88 Å². The number of aromatic nitrogens is 3. The van der Waals surface area contributed by atoms with E-state index in [0.29, 0.717) is 10.4 Å². The third-order valence-corrected chi connectivity index (χ3v) is 3.15. The summed E-state index contributed by atoms with van der Waals surface area (Å²) in [6.45, 7) is 3.86. The van der Waals surface area contributed by atoms with Crippen molar-refractivity contribution in [3.05, 3.63) is 40.2 Å². The highest BCUT2D eigenvalue weighted by Crippen LogP contribution is 2.18. The molecule has 2 aromatic rings. The summed E-state index contributed by atoms with van der Waals surface area (Å²) in [5.74, 6) is -0.0301. The molecular formula is C11H11N3OS. The van der Waals surface area contributed by atoms with Crippen LogP contribution in [0.4, 0.5) is 0 Å². The maximum atomic E-state index is 12.2. The monoisotopic (exact) mass is 233 g/mol. The second-order valence-electron chi connectivity index (χ2n) is 3.42. The molecule has 0 saturated heterocycles. The van der Waals surface area contributed by atoms with Crippen molar-refractivity contribution in [3.63, 3.8) is 0 Å². The Bertz CT molecular complexity index is 521. The van der Waals surface area contributed by atoms with Gasteiger partial charge in [0, 0.05) is 18.0 Å². The Morgan fingerprint density at radius 3 is 3.00 bits per heavy atom. The van der Waals surface area contributed by atoms with Crippen molar-refractivity contribution in [2.45, 2.75) is 20.3 Å². The summed E-state index contributed by atoms with van der Waals surface area (Å²) in [6.07, 6.45) is 3.99. The molecule has 2 rings (SSSR count). The number of aryl methyl sites for hydroxylation is 2. The molecule has 82 valence electrons. The van der Waals surface area contributed by atoms with Crippen LogP contribution in [0.3, 0.4) is 0 Å². The van der Waals surface area contributed by atoms with E-state index in [2.05, 4.69) is 14.6 Å². The van der Waals surface area contributed by atoms with Crippen molar-refractivity contribution in [3.8, 4) is 0 Å². The first-order chi connectivity index (χ1) is 7.74. The predicted octanol–water partition coefficient (Wildman–Crippen LogP) is 2.03. The van der Waals surface area contributed by atoms with Crippen LogP contribution in [0.25, 0.3) is 0 Å². The molecule has 0 amide bonds. The quantitative estimate of drug-likeness (QED) is 0.761. The van der Waals surface area contributed by atoms with Crippen LogP contribution >= 0.6 is 11.5 Å². The maximum Gasteiger partial charge on any atom is 0.208 e. The Morgan fingerprint density at radius 1 is 1.50 bits per heavy atom. The SMILES string of the molecule is CCc1nnsc1C(=O)c1cnccc1C. The molecule has 0 spiro atoms. The lowest BCUT2D eigenvalue weighted by Crippen LogP contribution is -2.05. The number of hydrogen-bond donors (Lipinski definition) is 0. The van der Waals surface area contributed by atoms with Crippen LogP contribution in [0.2, 0.25) is 0 Å². The van der Waals surface area contributed by atoms with Gasteiger partial charge in [0.05, 0.1) is 5.69 Å². The molecule has 0 aromatic carbocycles. The highest BCUT2D eigenvalue weighted by atomic mass is 32.1. The van der Waals surface area contributed by atoms with Crippen molar-refractivity contribution >= 4 is 17.3 Å². The van der Waals surface area contributed by atoms with Crippen LogP contribution < -0.4 is 0 Å². The van der Waals surface area contributed by atoms with E-state index in [1.165, 1.54) is 0 Å². The minimum absolute atomic E-state index is 0.0301. The molecule has 0 atom stereocenters. The summed E-state index contributed by atoms with van der Waals surface area (Å²) in [5.41, 5.74) is 2.32. The van der Waals surface area contributed by atoms with Crippen LogP contribution in [0.15, 0.2) is 18.5 Å². The van der Waals surface area contributed by atoms with Gasteiger partial charge in [0.25, 0.3) is 0 Å². The molecule has 0 saturated carbocycles. The largest absolute Gasteiger partial charge is 0.287 e. The average Bonchev–Trinajstić information content (AvgIpc) is 2.77. The zero-order valence-corrected chi connectivity index (χ0v) is 9.91. The second kappa shape index (κ2) is 4.49. The number of ketones is 1. The molecule has 0 aliphatic heterocycles. The Labute approximate surface area is 97.5 Å². The Hall–Kier alpha value is -1.62. The minimum atomic E-state index is -0.0301. The van der Waals surface area contributed by atoms with Crippen LogP contribution in [0, 0.1) is 6.92 Å². The Balaban J connectivity index is 2.44. The molecule has 2 aromatic heterocycles. The van der Waals surface area contributed by atoms with Gasteiger partial charge in [-0.3, -0.25) is 9.78 Å². The number of pyridine rings is 1. The normalized spacial score (nSPS) is 10.4. The van der Waals surface area contributed by atoms with Gasteiger partial charge in [-0.2, -0.15) is 0 Å². The van der Waals surface area contributed by atoms with Crippen LogP contribution in [0.1, 0.15) is 33.4 Å². The van der Waals surface area contributed by atoms with Crippen molar-refractivity contribution in [2.75, 3.05) is 0 Å². The average molecular weight is 233 g/mol. The lowest BCUT2D eigenvalue weighted by molar-refractivity contribution is 0.104. The number of nitrogens with zero attached hydrogens (tertiary/aromatic N) is 3. The first kappa shape index (κ1) is 10.9. The standard InChI is InChI=1S/C11H11N3OS/c1-3-9-11(16-14-13-9)10(15)8-6-12-5-4-7(8)2/h4-6H,3H2,1-2H3. The number of hydrogen-bond acceptors (Lipinski definition) is 5. The summed E-state index contributed by atoms with van der Waals surface area (Å²) < 4.78 is 3.82. The van der Waals surface area contributed by atoms with E-state index in [0.717, 1.165) is 29.2 Å². The highest BCUT2D eigenvalue weighted by molar-refractivity contribution is 7.08. The third-order valence-electron chi connectivity index (χ3n) is 2.38. The third kappa shape index (κ3) is 1.86. The first-order valence-electron chi connectivity index (χ1n) is 5.00. The summed E-state index contributed by atoms with van der Waals surface area (Å²) >= 11 is 1.15. The Kier molecular flexibility index (Phi) is 3.05. The maximum absolute atomic E-state index is 12.2. The number of rotatable bonds is 3. The molecule has 0 N–H and O–H groups in total. The summed E-state index contributed by atoms with van der Waals surface area (Å²) in [4.78, 5) is 16.8. The predicted molar refractivity (Wildman–Crippen MR) is 61.7 cm³/mol. The number of carbonyl (C=O) groups excluding carboxylic acids is 1. The van der Waals surface area contributed by atoms with Gasteiger partial charge in [0.2, 0.25) is 5.78 Å².